The predicted octanol–water partition coefficient (Wildman–Crippen LogP) is -9.82. The Balaban J connectivity index is 2.59. The Hall–Kier alpha value is -10.0. The van der Waals surface area contributed by atoms with Gasteiger partial charge in [-0.05, 0) is 45.4 Å². The van der Waals surface area contributed by atoms with Crippen LogP contribution < -0.4 is 82.7 Å². The molecule has 38 heteroatoms. The summed E-state index contributed by atoms with van der Waals surface area (Å²) in [6.45, 7) is 0.762. The van der Waals surface area contributed by atoms with Gasteiger partial charge in [-0.25, -0.2) is 14.8 Å². The number of primary amides is 2. The zero-order valence-corrected chi connectivity index (χ0v) is 45.4. The quantitative estimate of drug-likeness (QED) is 0.0167. The molecule has 10 unspecified atom stereocenters. The second-order valence-electron chi connectivity index (χ2n) is 18.8. The molecule has 2 heterocycles. The van der Waals surface area contributed by atoms with E-state index in [-0.39, 0.29) is 81.3 Å². The molecule has 2 aromatic heterocycles. The summed E-state index contributed by atoms with van der Waals surface area (Å²) in [6.07, 6.45) is -1.90. The van der Waals surface area contributed by atoms with Crippen molar-refractivity contribution >= 4 is 88.9 Å². The van der Waals surface area contributed by atoms with Crippen LogP contribution in [0.4, 0.5) is 0 Å². The summed E-state index contributed by atoms with van der Waals surface area (Å²) in [6, 6.07) is -15.6. The highest BCUT2D eigenvalue weighted by atomic mass is 16.4. The number of nitrogens with two attached hydrogens (primary N) is 7. The number of aromatic nitrogens is 4. The number of aliphatic hydroxyl groups is 1. The van der Waals surface area contributed by atoms with Gasteiger partial charge in [-0.1, -0.05) is 0 Å². The van der Waals surface area contributed by atoms with Crippen LogP contribution in [-0.2, 0) is 75.2 Å². The van der Waals surface area contributed by atoms with Crippen LogP contribution in [0.5, 0.6) is 0 Å². The normalized spacial score (nSPS) is 14.4. The number of imidazole rings is 2. The number of guanidine groups is 2. The number of carbonyl (C=O) groups excluding carboxylic acids is 10. The van der Waals surface area contributed by atoms with E-state index in [2.05, 4.69) is 61.8 Å². The first-order valence-electron chi connectivity index (χ1n) is 25.6. The molecule has 464 valence electrons. The van der Waals surface area contributed by atoms with E-state index >= 15 is 0 Å². The number of nitrogens with zero attached hydrogens (tertiary/aromatic N) is 4. The number of nitrogens with one attached hydrogen (secondary N) is 10. The fourth-order valence-corrected chi connectivity index (χ4v) is 7.51. The number of aromatic amines is 2. The van der Waals surface area contributed by atoms with E-state index in [4.69, 9.17) is 45.2 Å². The van der Waals surface area contributed by atoms with Crippen LogP contribution in [0.3, 0.4) is 0 Å². The van der Waals surface area contributed by atoms with Gasteiger partial charge in [0.25, 0.3) is 0 Å². The average molecular weight is 1190 g/mol. The van der Waals surface area contributed by atoms with Crippen molar-refractivity contribution in [1.82, 2.24) is 62.5 Å². The van der Waals surface area contributed by atoms with Gasteiger partial charge in [-0.2, -0.15) is 0 Å². The first-order valence-corrected chi connectivity index (χ1v) is 25.6. The fraction of sp³-hybridized carbons (Fsp3) is 0.543. The number of hydrogen-bond acceptors (Lipinski definition) is 19. The smallest absolute Gasteiger partial charge is 0.326 e. The van der Waals surface area contributed by atoms with Gasteiger partial charge in [0.2, 0.25) is 59.1 Å². The molecule has 2 aromatic rings. The van der Waals surface area contributed by atoms with Crippen molar-refractivity contribution < 1.29 is 82.8 Å². The summed E-state index contributed by atoms with van der Waals surface area (Å²) in [7, 11) is 0. The first-order chi connectivity index (χ1) is 39.5. The Kier molecular flexibility index (Phi) is 29.8. The lowest BCUT2D eigenvalue weighted by atomic mass is 10.0. The number of aliphatic hydroxyl groups excluding tert-OH is 1. The average Bonchev–Trinajstić information content (AvgIpc) is 4.29. The third-order valence-corrected chi connectivity index (χ3v) is 11.8. The van der Waals surface area contributed by atoms with Gasteiger partial charge in [-0.15, -0.1) is 0 Å². The molecule has 0 aliphatic rings. The van der Waals surface area contributed by atoms with Gasteiger partial charge in [0, 0.05) is 62.6 Å². The van der Waals surface area contributed by atoms with Gasteiger partial charge >= 0.3 is 17.9 Å². The maximum absolute atomic E-state index is 14.5. The first kappa shape index (κ1) is 70.1. The van der Waals surface area contributed by atoms with Crippen LogP contribution in [0.15, 0.2) is 35.0 Å². The molecule has 38 nitrogen and oxygen atoms in total. The van der Waals surface area contributed by atoms with E-state index in [1.165, 1.54) is 25.0 Å². The molecule has 2 rings (SSSR count). The highest BCUT2D eigenvalue weighted by Crippen LogP contribution is 2.11. The van der Waals surface area contributed by atoms with E-state index in [9.17, 15) is 77.6 Å². The highest BCUT2D eigenvalue weighted by Gasteiger charge is 2.37. The van der Waals surface area contributed by atoms with Crippen molar-refractivity contribution in [2.45, 2.75) is 144 Å². The maximum Gasteiger partial charge on any atom is 0.326 e. The number of amides is 10. The standard InChI is InChI=1S/C46H73N21O17/c1-20(68)35(43(82)65-29(15-34(73)74)42(81)66-30(44(83)84)14-32(49)70)67-39(78)25(5-3-11-57-46(52)53)61-37(76)24(4-2-10-56-45(50)51)62-40(79)27(12-21-16-54-18-58-21)64-41(80)28(13-22-17-55-19-59-22)63-38(77)26(7-8-31(48)69)60-36(75)23(47)6-9-33(71)72/h16-20,23-30,35,68H,2-15,47H2,1H3,(H2,48,69)(H2,49,70)(H,54,58)(H,55,59)(H,60,75)(H,61,76)(H,62,79)(H,63,77)(H,64,80)(H,65,82)(H,66,81)(H,67,78)(H,71,72)(H,73,74)(H,83,84)(H4,50,51,56)(H4,52,53,57). The van der Waals surface area contributed by atoms with E-state index in [1.807, 2.05) is 10.6 Å². The molecule has 0 aromatic carbocycles. The Labute approximate surface area is 477 Å². The summed E-state index contributed by atoms with van der Waals surface area (Å²) < 4.78 is 0. The summed E-state index contributed by atoms with van der Waals surface area (Å²) in [5.41, 5.74) is 38.7. The van der Waals surface area contributed by atoms with Crippen LogP contribution >= 0.6 is 0 Å². The summed E-state index contributed by atoms with van der Waals surface area (Å²) in [5.74, 6) is -16.6. The number of carboxylic acids is 3. The Morgan fingerprint density at radius 1 is 0.488 bits per heavy atom. The van der Waals surface area contributed by atoms with Crippen LogP contribution in [0.1, 0.15) is 82.5 Å². The summed E-state index contributed by atoms with van der Waals surface area (Å²) in [4.78, 5) is 190. The van der Waals surface area contributed by atoms with E-state index < -0.39 is 170 Å². The molecule has 10 amide bonds. The van der Waals surface area contributed by atoms with Crippen LogP contribution in [0, 0.1) is 0 Å². The Morgan fingerprint density at radius 2 is 0.893 bits per heavy atom. The van der Waals surface area contributed by atoms with Crippen molar-refractivity contribution in [2.24, 2.45) is 50.1 Å². The second-order valence-corrected chi connectivity index (χ2v) is 18.8. The molecule has 0 saturated heterocycles. The predicted molar refractivity (Wildman–Crippen MR) is 289 cm³/mol. The minimum Gasteiger partial charge on any atom is -0.481 e. The lowest BCUT2D eigenvalue weighted by molar-refractivity contribution is -0.145. The van der Waals surface area contributed by atoms with E-state index in [0.717, 1.165) is 6.92 Å². The van der Waals surface area contributed by atoms with Gasteiger partial charge in [0.15, 0.2) is 11.9 Å². The van der Waals surface area contributed by atoms with Crippen LogP contribution in [0.25, 0.3) is 0 Å². The number of carboxylic acid groups (broad SMARTS) is 3. The summed E-state index contributed by atoms with van der Waals surface area (Å²) >= 11 is 0. The molecule has 10 atom stereocenters. The van der Waals surface area contributed by atoms with E-state index in [0.29, 0.717) is 0 Å². The SMILES string of the molecule is CC(O)C(NC(=O)C(CCCN=C(N)N)NC(=O)C(CCCN=C(N)N)NC(=O)C(Cc1cnc[nH]1)NC(=O)C(Cc1cnc[nH]1)NC(=O)C(CCC(N)=O)NC(=O)C(N)CCC(=O)O)C(=O)NC(CC(=O)O)C(=O)NC(CC(N)=O)C(=O)O. The summed E-state index contributed by atoms with van der Waals surface area (Å²) in [5, 5.41) is 57.2. The molecular formula is C46H73N21O17. The van der Waals surface area contributed by atoms with Crippen molar-refractivity contribution in [3.63, 3.8) is 0 Å². The molecule has 0 spiro atoms. The molecular weight excluding hydrogens is 1120 g/mol. The second kappa shape index (κ2) is 35.7. The van der Waals surface area contributed by atoms with Gasteiger partial charge in [0.05, 0.1) is 37.6 Å². The molecule has 84 heavy (non-hydrogen) atoms. The fourth-order valence-electron chi connectivity index (χ4n) is 7.51. The Morgan fingerprint density at radius 3 is 1.29 bits per heavy atom. The van der Waals surface area contributed by atoms with Gasteiger partial charge < -0.3 is 113 Å². The lowest BCUT2D eigenvalue weighted by Crippen LogP contribution is -2.62. The molecule has 0 bridgehead atoms. The monoisotopic (exact) mass is 1190 g/mol. The molecule has 0 aliphatic heterocycles. The third kappa shape index (κ3) is 27.0. The van der Waals surface area contributed by atoms with Gasteiger partial charge in [-0.3, -0.25) is 67.5 Å². The topological polar surface area (TPSA) is 663 Å². The van der Waals surface area contributed by atoms with Crippen molar-refractivity contribution in [1.29, 1.82) is 0 Å². The van der Waals surface area contributed by atoms with Crippen molar-refractivity contribution in [3.8, 4) is 0 Å². The van der Waals surface area contributed by atoms with Crippen molar-refractivity contribution in [3.05, 3.63) is 36.4 Å². The molecule has 0 fully saturated rings. The lowest BCUT2D eigenvalue weighted by Gasteiger charge is -2.28. The number of rotatable bonds is 40. The zero-order valence-electron chi connectivity index (χ0n) is 45.4. The number of hydrogen-bond donors (Lipinski definition) is 21. The number of aliphatic carboxylic acids is 3. The molecule has 0 saturated carbocycles. The minimum atomic E-state index is -2.07. The maximum atomic E-state index is 14.5. The molecule has 0 aliphatic carbocycles. The number of H-pyrrole nitrogens is 2. The molecule has 28 N–H and O–H groups in total. The number of carbonyl (C=O) groups is 13. The third-order valence-electron chi connectivity index (χ3n) is 11.8. The van der Waals surface area contributed by atoms with Gasteiger partial charge in [0.1, 0.15) is 48.3 Å². The Bertz CT molecular complexity index is 2660. The van der Waals surface area contributed by atoms with Crippen LogP contribution in [0.2, 0.25) is 0 Å². The zero-order chi connectivity index (χ0) is 63.2. The highest BCUT2D eigenvalue weighted by molar-refractivity contribution is 5.99. The number of aliphatic imine (C=N–C) groups is 2. The van der Waals surface area contributed by atoms with E-state index in [1.54, 1.807) is 0 Å². The minimum absolute atomic E-state index is 0.0312. The van der Waals surface area contributed by atoms with Crippen molar-refractivity contribution in [2.75, 3.05) is 13.1 Å². The largest absolute Gasteiger partial charge is 0.481 e. The van der Waals surface area contributed by atoms with Crippen LogP contribution in [-0.4, -0.2) is 203 Å². The molecule has 0 radical (unpaired) electrons.